The largest absolute Gasteiger partial charge is 0.367 e. The Kier molecular flexibility index (Phi) is 7.53. The number of benzene rings is 1. The van der Waals surface area contributed by atoms with Gasteiger partial charge in [-0.15, -0.1) is 0 Å². The number of rotatable bonds is 10. The second-order valence-electron chi connectivity index (χ2n) is 8.51. The SMILES string of the molecule is O=C(NCCCN1CCCC1=O)c1cnc(NCc2ccccc2)nc1NC1CCCC1. The number of hydrogen-bond acceptors (Lipinski definition) is 6. The van der Waals surface area contributed by atoms with Crippen LogP contribution in [0.1, 0.15) is 60.9 Å². The predicted octanol–water partition coefficient (Wildman–Crippen LogP) is 3.19. The van der Waals surface area contributed by atoms with E-state index in [1.54, 1.807) is 6.20 Å². The second kappa shape index (κ2) is 10.9. The highest BCUT2D eigenvalue weighted by molar-refractivity contribution is 5.98. The average Bonchev–Trinajstić information content (AvgIpc) is 3.47. The van der Waals surface area contributed by atoms with Crippen molar-refractivity contribution in [3.63, 3.8) is 0 Å². The van der Waals surface area contributed by atoms with Crippen LogP contribution in [0, 0.1) is 0 Å². The van der Waals surface area contributed by atoms with E-state index in [4.69, 9.17) is 0 Å². The van der Waals surface area contributed by atoms with Gasteiger partial charge in [0, 0.05) is 44.8 Å². The molecule has 2 aliphatic rings. The third kappa shape index (κ3) is 5.96. The van der Waals surface area contributed by atoms with E-state index in [2.05, 4.69) is 25.9 Å². The highest BCUT2D eigenvalue weighted by Gasteiger charge is 2.21. The number of hydrogen-bond donors (Lipinski definition) is 3. The third-order valence-corrected chi connectivity index (χ3v) is 6.08. The van der Waals surface area contributed by atoms with Gasteiger partial charge < -0.3 is 20.9 Å². The van der Waals surface area contributed by atoms with Gasteiger partial charge in [-0.1, -0.05) is 43.2 Å². The molecule has 1 aromatic heterocycles. The van der Waals surface area contributed by atoms with Gasteiger partial charge in [0.15, 0.2) is 0 Å². The van der Waals surface area contributed by atoms with Crippen molar-refractivity contribution in [3.8, 4) is 0 Å². The molecule has 32 heavy (non-hydrogen) atoms. The lowest BCUT2D eigenvalue weighted by Gasteiger charge is -2.18. The molecule has 2 aromatic rings. The van der Waals surface area contributed by atoms with Crippen molar-refractivity contribution in [1.82, 2.24) is 20.2 Å². The van der Waals surface area contributed by atoms with Crippen molar-refractivity contribution in [1.29, 1.82) is 0 Å². The van der Waals surface area contributed by atoms with Gasteiger partial charge >= 0.3 is 0 Å². The molecular weight excluding hydrogens is 404 g/mol. The summed E-state index contributed by atoms with van der Waals surface area (Å²) in [4.78, 5) is 35.4. The maximum Gasteiger partial charge on any atom is 0.256 e. The maximum absolute atomic E-state index is 12.9. The third-order valence-electron chi connectivity index (χ3n) is 6.08. The number of aromatic nitrogens is 2. The van der Waals surface area contributed by atoms with Gasteiger partial charge in [0.2, 0.25) is 11.9 Å². The van der Waals surface area contributed by atoms with E-state index in [0.29, 0.717) is 49.4 Å². The van der Waals surface area contributed by atoms with Crippen LogP contribution in [0.15, 0.2) is 36.5 Å². The number of nitrogens with one attached hydrogen (secondary N) is 3. The zero-order chi connectivity index (χ0) is 22.2. The number of likely N-dealkylation sites (tertiary alicyclic amines) is 1. The Labute approximate surface area is 189 Å². The van der Waals surface area contributed by atoms with E-state index < -0.39 is 0 Å². The molecule has 170 valence electrons. The van der Waals surface area contributed by atoms with Crippen molar-refractivity contribution in [2.75, 3.05) is 30.3 Å². The summed E-state index contributed by atoms with van der Waals surface area (Å²) in [6.07, 6.45) is 8.46. The van der Waals surface area contributed by atoms with Crippen LogP contribution >= 0.6 is 0 Å². The molecule has 1 aliphatic carbocycles. The van der Waals surface area contributed by atoms with Crippen LogP contribution in [-0.2, 0) is 11.3 Å². The fourth-order valence-electron chi connectivity index (χ4n) is 4.29. The van der Waals surface area contributed by atoms with E-state index in [1.807, 2.05) is 35.2 Å². The number of carbonyl (C=O) groups is 2. The Morgan fingerprint density at radius 1 is 1.12 bits per heavy atom. The molecule has 0 bridgehead atoms. The van der Waals surface area contributed by atoms with Crippen LogP contribution in [0.4, 0.5) is 11.8 Å². The van der Waals surface area contributed by atoms with Gasteiger partial charge in [-0.2, -0.15) is 4.98 Å². The summed E-state index contributed by atoms with van der Waals surface area (Å²) in [6.45, 7) is 2.64. The van der Waals surface area contributed by atoms with Crippen LogP contribution in [0.25, 0.3) is 0 Å². The first-order valence-corrected chi connectivity index (χ1v) is 11.7. The topological polar surface area (TPSA) is 99.2 Å². The predicted molar refractivity (Wildman–Crippen MR) is 124 cm³/mol. The Balaban J connectivity index is 1.37. The molecule has 0 radical (unpaired) electrons. The Morgan fingerprint density at radius 2 is 1.94 bits per heavy atom. The van der Waals surface area contributed by atoms with Crippen LogP contribution in [0.5, 0.6) is 0 Å². The molecule has 2 fully saturated rings. The molecule has 0 spiro atoms. The lowest BCUT2D eigenvalue weighted by atomic mass is 10.2. The number of carbonyl (C=O) groups excluding carboxylic acids is 2. The number of nitrogens with zero attached hydrogens (tertiary/aromatic N) is 3. The zero-order valence-corrected chi connectivity index (χ0v) is 18.5. The maximum atomic E-state index is 12.9. The second-order valence-corrected chi connectivity index (χ2v) is 8.51. The van der Waals surface area contributed by atoms with Crippen molar-refractivity contribution >= 4 is 23.6 Å². The Morgan fingerprint density at radius 3 is 2.69 bits per heavy atom. The fraction of sp³-hybridized carbons (Fsp3) is 0.500. The Hall–Kier alpha value is -3.16. The molecule has 8 heteroatoms. The van der Waals surface area contributed by atoms with Crippen LogP contribution in [-0.4, -0.2) is 52.4 Å². The first-order chi connectivity index (χ1) is 15.7. The molecule has 1 aromatic carbocycles. The Bertz CT molecular complexity index is 914. The summed E-state index contributed by atoms with van der Waals surface area (Å²) in [5.41, 5.74) is 1.60. The minimum Gasteiger partial charge on any atom is -0.367 e. The van der Waals surface area contributed by atoms with E-state index in [0.717, 1.165) is 37.8 Å². The van der Waals surface area contributed by atoms with Gasteiger partial charge in [0.25, 0.3) is 5.91 Å². The van der Waals surface area contributed by atoms with E-state index in [-0.39, 0.29) is 11.8 Å². The summed E-state index contributed by atoms with van der Waals surface area (Å²) in [6, 6.07) is 10.4. The van der Waals surface area contributed by atoms with Crippen LogP contribution in [0.3, 0.4) is 0 Å². The standard InChI is InChI=1S/C24H32N6O2/c31-21-12-6-14-30(21)15-7-13-25-23(32)20-17-27-24(26-16-18-8-2-1-3-9-18)29-22(20)28-19-10-4-5-11-19/h1-3,8-9,17,19H,4-7,10-16H2,(H,25,32)(H2,26,27,28,29). The van der Waals surface area contributed by atoms with E-state index in [9.17, 15) is 9.59 Å². The molecule has 3 N–H and O–H groups in total. The summed E-state index contributed by atoms with van der Waals surface area (Å²) in [5.74, 6) is 1.10. The van der Waals surface area contributed by atoms with E-state index in [1.165, 1.54) is 12.8 Å². The van der Waals surface area contributed by atoms with Gasteiger partial charge in [-0.05, 0) is 31.2 Å². The highest BCUT2D eigenvalue weighted by atomic mass is 16.2. The lowest BCUT2D eigenvalue weighted by molar-refractivity contribution is -0.127. The monoisotopic (exact) mass is 436 g/mol. The smallest absolute Gasteiger partial charge is 0.256 e. The first-order valence-electron chi connectivity index (χ1n) is 11.7. The molecule has 8 nitrogen and oxygen atoms in total. The van der Waals surface area contributed by atoms with Gasteiger partial charge in [-0.3, -0.25) is 9.59 Å². The quantitative estimate of drug-likeness (QED) is 0.495. The van der Waals surface area contributed by atoms with Crippen molar-refractivity contribution < 1.29 is 9.59 Å². The molecule has 1 aliphatic heterocycles. The first kappa shape index (κ1) is 22.0. The highest BCUT2D eigenvalue weighted by Crippen LogP contribution is 2.24. The minimum atomic E-state index is -0.187. The minimum absolute atomic E-state index is 0.187. The van der Waals surface area contributed by atoms with E-state index >= 15 is 0 Å². The van der Waals surface area contributed by atoms with Crippen LogP contribution < -0.4 is 16.0 Å². The molecule has 1 saturated carbocycles. The summed E-state index contributed by atoms with van der Waals surface area (Å²) >= 11 is 0. The van der Waals surface area contributed by atoms with Crippen molar-refractivity contribution in [2.24, 2.45) is 0 Å². The molecule has 0 atom stereocenters. The van der Waals surface area contributed by atoms with Crippen LogP contribution in [0.2, 0.25) is 0 Å². The van der Waals surface area contributed by atoms with Crippen molar-refractivity contribution in [2.45, 2.75) is 57.5 Å². The lowest BCUT2D eigenvalue weighted by Crippen LogP contribution is -2.31. The molecule has 2 heterocycles. The summed E-state index contributed by atoms with van der Waals surface area (Å²) in [5, 5.41) is 9.68. The fourth-order valence-corrected chi connectivity index (χ4v) is 4.29. The normalized spacial score (nSPS) is 16.4. The zero-order valence-electron chi connectivity index (χ0n) is 18.5. The molecular formula is C24H32N6O2. The number of anilines is 2. The van der Waals surface area contributed by atoms with Crippen molar-refractivity contribution in [3.05, 3.63) is 47.7 Å². The van der Waals surface area contributed by atoms with Gasteiger partial charge in [0.1, 0.15) is 11.4 Å². The summed E-state index contributed by atoms with van der Waals surface area (Å²) in [7, 11) is 0. The molecule has 0 unspecified atom stereocenters. The van der Waals surface area contributed by atoms with Gasteiger partial charge in [-0.25, -0.2) is 4.98 Å². The average molecular weight is 437 g/mol. The summed E-state index contributed by atoms with van der Waals surface area (Å²) < 4.78 is 0. The molecule has 4 rings (SSSR count). The number of amides is 2. The van der Waals surface area contributed by atoms with Gasteiger partial charge in [0.05, 0.1) is 0 Å². The molecule has 2 amide bonds. The molecule has 1 saturated heterocycles.